The number of nitrogens with zero attached hydrogens (tertiary/aromatic N) is 1. The predicted molar refractivity (Wildman–Crippen MR) is 39.9 cm³/mol. The first-order valence-electron chi connectivity index (χ1n) is 2.93. The van der Waals surface area contributed by atoms with Crippen LogP contribution in [0.25, 0.3) is 0 Å². The standard InChI is InChI=1S/C7H6O2.HNO2.Zn/c8-7(9)6-4-2-1-3-5-6;2-1-3;/h1-5H,(H,8,9);(H,2,3);/p-2. The molecule has 0 amide bonds. The molecule has 0 bridgehead atoms. The maximum atomic E-state index is 10.1. The van der Waals surface area contributed by atoms with Gasteiger partial charge < -0.3 is 20.0 Å². The number of hydrogen-bond donors (Lipinski definition) is 0. The Hall–Kier alpha value is -1.29. The maximum Gasteiger partial charge on any atom is 0.0715 e. The molecule has 0 radical (unpaired) electrons. The van der Waals surface area contributed by atoms with Gasteiger partial charge in [-0.1, -0.05) is 30.3 Å². The average molecular weight is 233 g/mol. The number of aromatic carboxylic acids is 1. The molecule has 66 valence electrons. The van der Waals surface area contributed by atoms with Crippen molar-refractivity contribution in [3.8, 4) is 0 Å². The van der Waals surface area contributed by atoms with Crippen molar-refractivity contribution >= 4 is 5.97 Å². The molecule has 1 aromatic rings. The van der Waals surface area contributed by atoms with Crippen LogP contribution in [0.4, 0.5) is 0 Å². The van der Waals surface area contributed by atoms with Crippen molar-refractivity contribution in [2.75, 3.05) is 0 Å². The number of hydrogen-bond acceptors (Lipinski definition) is 5. The van der Waals surface area contributed by atoms with Crippen molar-refractivity contribution in [2.45, 2.75) is 0 Å². The third kappa shape index (κ3) is 7.09. The maximum absolute atomic E-state index is 10.1. The van der Waals surface area contributed by atoms with Crippen LogP contribution < -0.4 is 5.11 Å². The minimum absolute atomic E-state index is 0. The quantitative estimate of drug-likeness (QED) is 0.395. The Labute approximate surface area is 87.1 Å². The van der Waals surface area contributed by atoms with E-state index < -0.39 is 5.97 Å². The average Bonchev–Trinajstić information content (AvgIpc) is 2.07. The Balaban J connectivity index is 0. The summed E-state index contributed by atoms with van der Waals surface area (Å²) in [4.78, 5) is 18.1. The normalized spacial score (nSPS) is 7.08. The van der Waals surface area contributed by atoms with Gasteiger partial charge in [0.2, 0.25) is 0 Å². The zero-order valence-electron chi connectivity index (χ0n) is 6.67. The smallest absolute Gasteiger partial charge is 0.0715 e. The molecule has 0 spiro atoms. The van der Waals surface area contributed by atoms with Crippen molar-refractivity contribution < 1.29 is 29.4 Å². The molecule has 0 aliphatic rings. The van der Waals surface area contributed by atoms with Crippen molar-refractivity contribution in [1.29, 1.82) is 0 Å². The van der Waals surface area contributed by atoms with Gasteiger partial charge in [-0.3, -0.25) is 0 Å². The summed E-state index contributed by atoms with van der Waals surface area (Å²) in [6.45, 7) is 0. The Kier molecular flexibility index (Phi) is 9.65. The Morgan fingerprint density at radius 3 is 1.85 bits per heavy atom. The minimum atomic E-state index is -1.13. The molecule has 0 aliphatic heterocycles. The fourth-order valence-corrected chi connectivity index (χ4v) is 0.574. The summed E-state index contributed by atoms with van der Waals surface area (Å²) in [6, 6.07) is 8.06. The zero-order chi connectivity index (χ0) is 9.40. The number of carbonyl (C=O) groups is 1. The van der Waals surface area contributed by atoms with Gasteiger partial charge >= 0.3 is 0 Å². The van der Waals surface area contributed by atoms with Gasteiger partial charge in [0.1, 0.15) is 0 Å². The van der Waals surface area contributed by atoms with Crippen LogP contribution in [0.2, 0.25) is 0 Å². The van der Waals surface area contributed by atoms with Gasteiger partial charge in [0.05, 0.1) is 5.97 Å². The number of carboxylic acid groups (broad SMARTS) is 1. The molecule has 0 N–H and O–H groups in total. The SMILES string of the molecule is O=C([O-])c1ccccc1.O=N[O-].[Zn]. The minimum Gasteiger partial charge on any atom is -0.545 e. The summed E-state index contributed by atoms with van der Waals surface area (Å²) >= 11 is 0. The summed E-state index contributed by atoms with van der Waals surface area (Å²) in [5.41, 5.74) is 0.220. The van der Waals surface area contributed by atoms with E-state index in [4.69, 9.17) is 10.1 Å². The molecule has 6 heteroatoms. The van der Waals surface area contributed by atoms with Crippen molar-refractivity contribution in [1.82, 2.24) is 0 Å². The number of carboxylic acids is 1. The van der Waals surface area contributed by atoms with Crippen LogP contribution in [-0.2, 0) is 19.5 Å². The van der Waals surface area contributed by atoms with E-state index in [-0.39, 0.29) is 25.0 Å². The van der Waals surface area contributed by atoms with E-state index in [0.29, 0.717) is 0 Å². The van der Waals surface area contributed by atoms with E-state index in [2.05, 4.69) is 0 Å². The van der Waals surface area contributed by atoms with Crippen LogP contribution in [0.15, 0.2) is 35.7 Å². The molecule has 13 heavy (non-hydrogen) atoms. The van der Waals surface area contributed by atoms with Gasteiger partial charge in [-0.2, -0.15) is 0 Å². The summed E-state index contributed by atoms with van der Waals surface area (Å²) in [6.07, 6.45) is 0. The second-order valence-electron chi connectivity index (χ2n) is 1.73. The fourth-order valence-electron chi connectivity index (χ4n) is 0.574. The molecule has 0 aromatic heterocycles. The van der Waals surface area contributed by atoms with Crippen molar-refractivity contribution in [3.63, 3.8) is 0 Å². The van der Waals surface area contributed by atoms with E-state index in [1.54, 1.807) is 18.2 Å². The second kappa shape index (κ2) is 8.81. The van der Waals surface area contributed by atoms with Gasteiger partial charge in [0.25, 0.3) is 0 Å². The van der Waals surface area contributed by atoms with Crippen LogP contribution >= 0.6 is 0 Å². The molecule has 0 heterocycles. The molecule has 1 rings (SSSR count). The first-order chi connectivity index (χ1) is 5.72. The molecule has 0 saturated carbocycles. The van der Waals surface area contributed by atoms with Gasteiger partial charge in [0.15, 0.2) is 0 Å². The Morgan fingerprint density at radius 1 is 1.23 bits per heavy atom. The van der Waals surface area contributed by atoms with Crippen LogP contribution in [0, 0.1) is 10.1 Å². The molecule has 0 fully saturated rings. The molecule has 5 nitrogen and oxygen atoms in total. The second-order valence-corrected chi connectivity index (χ2v) is 1.73. The first kappa shape index (κ1) is 14.2. The summed E-state index contributed by atoms with van der Waals surface area (Å²) in [5, 5.41) is 19.1. The van der Waals surface area contributed by atoms with E-state index >= 15 is 0 Å². The van der Waals surface area contributed by atoms with E-state index in [1.165, 1.54) is 12.1 Å². The van der Waals surface area contributed by atoms with E-state index in [0.717, 1.165) is 5.34 Å². The van der Waals surface area contributed by atoms with Crippen molar-refractivity contribution in [2.24, 2.45) is 5.34 Å². The monoisotopic (exact) mass is 231 g/mol. The number of benzene rings is 1. The third-order valence-corrected chi connectivity index (χ3v) is 1.01. The van der Waals surface area contributed by atoms with Gasteiger partial charge in [-0.25, -0.2) is 0 Å². The summed E-state index contributed by atoms with van der Waals surface area (Å²) in [5.74, 6) is -1.13. The van der Waals surface area contributed by atoms with Crippen LogP contribution in [0.1, 0.15) is 10.4 Å². The van der Waals surface area contributed by atoms with E-state index in [9.17, 15) is 9.90 Å². The number of carbonyl (C=O) groups excluding carboxylic acids is 1. The van der Waals surface area contributed by atoms with E-state index in [1.807, 2.05) is 0 Å². The van der Waals surface area contributed by atoms with Crippen LogP contribution in [0.5, 0.6) is 0 Å². The van der Waals surface area contributed by atoms with Gasteiger partial charge in [-0.05, 0) is 5.56 Å². The summed E-state index contributed by atoms with van der Waals surface area (Å²) in [7, 11) is 0. The van der Waals surface area contributed by atoms with Gasteiger partial charge in [-0.15, -0.1) is 5.34 Å². The summed E-state index contributed by atoms with van der Waals surface area (Å²) < 4.78 is 0. The zero-order valence-corrected chi connectivity index (χ0v) is 9.64. The van der Waals surface area contributed by atoms with Crippen molar-refractivity contribution in [3.05, 3.63) is 46.0 Å². The fraction of sp³-hybridized carbons (Fsp3) is 0. The van der Waals surface area contributed by atoms with Crippen LogP contribution in [0.3, 0.4) is 0 Å². The van der Waals surface area contributed by atoms with Crippen LogP contribution in [-0.4, -0.2) is 5.97 Å². The molecule has 0 atom stereocenters. The Morgan fingerprint density at radius 2 is 1.62 bits per heavy atom. The molecule has 0 unspecified atom stereocenters. The topological polar surface area (TPSA) is 92.6 Å². The first-order valence-corrected chi connectivity index (χ1v) is 2.93. The largest absolute Gasteiger partial charge is 0.545 e. The predicted octanol–water partition coefficient (Wildman–Crippen LogP) is 0.298. The Bertz CT molecular complexity index is 252. The molecule has 0 aliphatic carbocycles. The molecule has 1 aromatic carbocycles. The molecular formula is C7H5NO4Zn-2. The number of rotatable bonds is 1. The van der Waals surface area contributed by atoms with Gasteiger partial charge in [0, 0.05) is 19.5 Å². The third-order valence-electron chi connectivity index (χ3n) is 1.01. The molecular weight excluding hydrogens is 227 g/mol. The molecule has 0 saturated heterocycles.